The number of likely N-dealkylation sites (tertiary alicyclic amines) is 1. The molecule has 6 heteroatoms. The standard InChI is InChI=1S/C15H22N2O3S/c1-16-8-7-15(11-16)12-17(9-10-20-13-15)21(18,19)14-5-3-2-4-6-14/h2-6H,7-13H2,1H3/t15-/m0/s1. The molecule has 0 aliphatic carbocycles. The lowest BCUT2D eigenvalue weighted by Gasteiger charge is -2.31. The number of sulfonamides is 1. The fourth-order valence-corrected chi connectivity index (χ4v) is 4.86. The summed E-state index contributed by atoms with van der Waals surface area (Å²) >= 11 is 0. The first-order chi connectivity index (χ1) is 10.0. The molecular weight excluding hydrogens is 288 g/mol. The van der Waals surface area contributed by atoms with Gasteiger partial charge in [-0.05, 0) is 32.1 Å². The molecule has 0 bridgehead atoms. The average molecular weight is 310 g/mol. The monoisotopic (exact) mass is 310 g/mol. The van der Waals surface area contributed by atoms with Gasteiger partial charge >= 0.3 is 0 Å². The number of benzene rings is 1. The predicted molar refractivity (Wildman–Crippen MR) is 80.6 cm³/mol. The van der Waals surface area contributed by atoms with Gasteiger partial charge in [0.2, 0.25) is 10.0 Å². The van der Waals surface area contributed by atoms with Crippen LogP contribution < -0.4 is 0 Å². The molecule has 5 nitrogen and oxygen atoms in total. The molecule has 2 saturated heterocycles. The van der Waals surface area contributed by atoms with E-state index in [0.29, 0.717) is 31.2 Å². The molecule has 2 aliphatic heterocycles. The van der Waals surface area contributed by atoms with Crippen LogP contribution in [0.4, 0.5) is 0 Å². The zero-order valence-electron chi connectivity index (χ0n) is 12.4. The van der Waals surface area contributed by atoms with E-state index in [0.717, 1.165) is 19.5 Å². The van der Waals surface area contributed by atoms with Gasteiger partial charge in [-0.2, -0.15) is 4.31 Å². The third kappa shape index (κ3) is 2.99. The van der Waals surface area contributed by atoms with Crippen molar-refractivity contribution in [2.45, 2.75) is 11.3 Å². The van der Waals surface area contributed by atoms with Crippen LogP contribution in [0.5, 0.6) is 0 Å². The molecule has 3 rings (SSSR count). The van der Waals surface area contributed by atoms with Crippen molar-refractivity contribution in [2.24, 2.45) is 5.41 Å². The molecule has 1 aromatic carbocycles. The Morgan fingerprint density at radius 1 is 1.14 bits per heavy atom. The molecule has 2 aliphatic rings. The van der Waals surface area contributed by atoms with Crippen LogP contribution >= 0.6 is 0 Å². The predicted octanol–water partition coefficient (Wildman–Crippen LogP) is 1.03. The van der Waals surface area contributed by atoms with E-state index in [1.54, 1.807) is 28.6 Å². The second-order valence-corrected chi connectivity index (χ2v) is 8.13. The van der Waals surface area contributed by atoms with Gasteiger partial charge in [-0.3, -0.25) is 0 Å². The molecule has 0 radical (unpaired) electrons. The van der Waals surface area contributed by atoms with Crippen LogP contribution in [0, 0.1) is 5.41 Å². The van der Waals surface area contributed by atoms with Crippen LogP contribution in [0.15, 0.2) is 35.2 Å². The van der Waals surface area contributed by atoms with Crippen molar-refractivity contribution in [2.75, 3.05) is 46.4 Å². The van der Waals surface area contributed by atoms with Gasteiger partial charge in [-0.25, -0.2) is 8.42 Å². The minimum atomic E-state index is -3.43. The van der Waals surface area contributed by atoms with Crippen LogP contribution in [0.25, 0.3) is 0 Å². The number of hydrogen-bond acceptors (Lipinski definition) is 4. The van der Waals surface area contributed by atoms with E-state index in [-0.39, 0.29) is 5.41 Å². The number of rotatable bonds is 2. The van der Waals surface area contributed by atoms with Crippen LogP contribution in [0.2, 0.25) is 0 Å². The Kier molecular flexibility index (Phi) is 4.05. The topological polar surface area (TPSA) is 49.9 Å². The van der Waals surface area contributed by atoms with Gasteiger partial charge in [-0.15, -0.1) is 0 Å². The summed E-state index contributed by atoms with van der Waals surface area (Å²) in [5.74, 6) is 0. The second-order valence-electron chi connectivity index (χ2n) is 6.19. The molecule has 1 spiro atoms. The van der Waals surface area contributed by atoms with E-state index in [9.17, 15) is 8.42 Å². The molecule has 0 amide bonds. The molecule has 0 saturated carbocycles. The largest absolute Gasteiger partial charge is 0.379 e. The molecule has 116 valence electrons. The molecule has 21 heavy (non-hydrogen) atoms. The maximum absolute atomic E-state index is 12.8. The minimum absolute atomic E-state index is 0.0624. The van der Waals surface area contributed by atoms with Crippen molar-refractivity contribution in [1.82, 2.24) is 9.21 Å². The molecule has 0 aromatic heterocycles. The van der Waals surface area contributed by atoms with Gasteiger partial charge < -0.3 is 9.64 Å². The lowest BCUT2D eigenvalue weighted by Crippen LogP contribution is -2.43. The third-order valence-corrected chi connectivity index (χ3v) is 6.27. The summed E-state index contributed by atoms with van der Waals surface area (Å²) in [5, 5.41) is 0. The van der Waals surface area contributed by atoms with E-state index in [1.807, 2.05) is 6.07 Å². The fraction of sp³-hybridized carbons (Fsp3) is 0.600. The maximum Gasteiger partial charge on any atom is 0.243 e. The van der Waals surface area contributed by atoms with Crippen molar-refractivity contribution in [3.63, 3.8) is 0 Å². The molecule has 1 atom stereocenters. The van der Waals surface area contributed by atoms with E-state index in [1.165, 1.54) is 0 Å². The first-order valence-electron chi connectivity index (χ1n) is 7.33. The van der Waals surface area contributed by atoms with E-state index in [4.69, 9.17) is 4.74 Å². The van der Waals surface area contributed by atoms with Gasteiger partial charge in [-0.1, -0.05) is 18.2 Å². The summed E-state index contributed by atoms with van der Waals surface area (Å²) in [7, 11) is -1.35. The summed E-state index contributed by atoms with van der Waals surface area (Å²) in [6, 6.07) is 8.68. The Bertz CT molecular complexity index is 590. The highest BCUT2D eigenvalue weighted by Gasteiger charge is 2.42. The fourth-order valence-electron chi connectivity index (χ4n) is 3.31. The van der Waals surface area contributed by atoms with Gasteiger partial charge in [0, 0.05) is 25.0 Å². The third-order valence-electron chi connectivity index (χ3n) is 4.42. The van der Waals surface area contributed by atoms with E-state index in [2.05, 4.69) is 11.9 Å². The first kappa shape index (κ1) is 15.0. The maximum atomic E-state index is 12.8. The average Bonchev–Trinajstić information content (AvgIpc) is 2.71. The summed E-state index contributed by atoms with van der Waals surface area (Å²) in [5.41, 5.74) is -0.0624. The highest BCUT2D eigenvalue weighted by molar-refractivity contribution is 7.89. The molecule has 2 fully saturated rings. The normalized spacial score (nSPS) is 28.8. The molecular formula is C15H22N2O3S. The van der Waals surface area contributed by atoms with E-state index < -0.39 is 10.0 Å². The Hall–Kier alpha value is -0.950. The van der Waals surface area contributed by atoms with Crippen LogP contribution in [0.3, 0.4) is 0 Å². The Balaban J connectivity index is 1.87. The lowest BCUT2D eigenvalue weighted by atomic mass is 9.88. The van der Waals surface area contributed by atoms with Gasteiger partial charge in [0.05, 0.1) is 18.1 Å². The second kappa shape index (κ2) is 5.68. The van der Waals surface area contributed by atoms with Crippen molar-refractivity contribution >= 4 is 10.0 Å². The Morgan fingerprint density at radius 3 is 2.57 bits per heavy atom. The molecule has 2 heterocycles. The van der Waals surface area contributed by atoms with Crippen LogP contribution in [0.1, 0.15) is 6.42 Å². The summed E-state index contributed by atoms with van der Waals surface area (Å²) in [6.07, 6.45) is 0.990. The summed E-state index contributed by atoms with van der Waals surface area (Å²) in [4.78, 5) is 2.62. The number of hydrogen-bond donors (Lipinski definition) is 0. The SMILES string of the molecule is CN1CC[C@]2(COCCN(S(=O)(=O)c3ccccc3)C2)C1. The Morgan fingerprint density at radius 2 is 1.90 bits per heavy atom. The van der Waals surface area contributed by atoms with Crippen LogP contribution in [-0.4, -0.2) is 64.1 Å². The zero-order chi connectivity index (χ0) is 14.9. The first-order valence-corrected chi connectivity index (χ1v) is 8.77. The zero-order valence-corrected chi connectivity index (χ0v) is 13.2. The smallest absolute Gasteiger partial charge is 0.243 e. The van der Waals surface area contributed by atoms with Gasteiger partial charge in [0.15, 0.2) is 0 Å². The Labute approximate surface area is 126 Å². The summed E-state index contributed by atoms with van der Waals surface area (Å²) < 4.78 is 33.0. The number of nitrogens with zero attached hydrogens (tertiary/aromatic N) is 2. The van der Waals surface area contributed by atoms with Gasteiger partial charge in [0.1, 0.15) is 0 Å². The lowest BCUT2D eigenvalue weighted by molar-refractivity contribution is 0.0744. The molecule has 0 unspecified atom stereocenters. The van der Waals surface area contributed by atoms with Crippen molar-refractivity contribution in [3.8, 4) is 0 Å². The molecule has 1 aromatic rings. The van der Waals surface area contributed by atoms with Crippen molar-refractivity contribution < 1.29 is 13.2 Å². The quantitative estimate of drug-likeness (QED) is 0.819. The van der Waals surface area contributed by atoms with Crippen molar-refractivity contribution in [1.29, 1.82) is 0 Å². The van der Waals surface area contributed by atoms with Crippen molar-refractivity contribution in [3.05, 3.63) is 30.3 Å². The van der Waals surface area contributed by atoms with Crippen LogP contribution in [-0.2, 0) is 14.8 Å². The summed E-state index contributed by atoms with van der Waals surface area (Å²) in [6.45, 7) is 4.00. The van der Waals surface area contributed by atoms with E-state index >= 15 is 0 Å². The highest BCUT2D eigenvalue weighted by Crippen LogP contribution is 2.34. The molecule has 0 N–H and O–H groups in total. The van der Waals surface area contributed by atoms with Gasteiger partial charge in [0.25, 0.3) is 0 Å². The highest BCUT2D eigenvalue weighted by atomic mass is 32.2. The minimum Gasteiger partial charge on any atom is -0.379 e. The number of ether oxygens (including phenoxy) is 1.